The van der Waals surface area contributed by atoms with Gasteiger partial charge in [0.25, 0.3) is 0 Å². The van der Waals surface area contributed by atoms with Gasteiger partial charge in [0.05, 0.1) is 51.3 Å². The van der Waals surface area contributed by atoms with Crippen LogP contribution in [0.15, 0.2) is 45.1 Å². The average molecular weight is 537 g/mol. The van der Waals surface area contributed by atoms with Crippen molar-refractivity contribution in [1.82, 2.24) is 10.2 Å². The van der Waals surface area contributed by atoms with Crippen LogP contribution in [0.1, 0.15) is 0 Å². The summed E-state index contributed by atoms with van der Waals surface area (Å²) in [5.41, 5.74) is 1.10. The monoisotopic (exact) mass is 536 g/mol. The molecule has 2 aromatic carbocycles. The molecular formula is C22H24N4O6S3. The van der Waals surface area contributed by atoms with E-state index in [2.05, 4.69) is 20.8 Å². The minimum atomic E-state index is -0.212. The number of ether oxygens (including phenoxy) is 4. The highest BCUT2D eigenvalue weighted by Gasteiger charge is 2.14. The molecule has 1 aromatic heterocycles. The van der Waals surface area contributed by atoms with Gasteiger partial charge in [0.2, 0.25) is 11.8 Å². The fourth-order valence-corrected chi connectivity index (χ4v) is 5.36. The number of methoxy groups -OCH3 is 4. The van der Waals surface area contributed by atoms with Crippen LogP contribution in [-0.4, -0.2) is 62.0 Å². The molecule has 0 saturated carbocycles. The van der Waals surface area contributed by atoms with Gasteiger partial charge in [0.15, 0.2) is 8.68 Å². The van der Waals surface area contributed by atoms with E-state index in [4.69, 9.17) is 18.9 Å². The molecule has 3 rings (SSSR count). The van der Waals surface area contributed by atoms with Gasteiger partial charge < -0.3 is 29.6 Å². The first-order valence-electron chi connectivity index (χ1n) is 10.1. The zero-order valence-electron chi connectivity index (χ0n) is 19.4. The van der Waals surface area contributed by atoms with Gasteiger partial charge in [-0.15, -0.1) is 10.2 Å². The van der Waals surface area contributed by atoms with E-state index in [9.17, 15) is 9.59 Å². The number of nitrogens with one attached hydrogen (secondary N) is 2. The number of hydrogen-bond acceptors (Lipinski definition) is 11. The van der Waals surface area contributed by atoms with Crippen LogP contribution in [0.5, 0.6) is 23.0 Å². The molecule has 0 atom stereocenters. The largest absolute Gasteiger partial charge is 0.497 e. The van der Waals surface area contributed by atoms with E-state index in [0.29, 0.717) is 43.1 Å². The van der Waals surface area contributed by atoms with Crippen molar-refractivity contribution in [1.29, 1.82) is 0 Å². The van der Waals surface area contributed by atoms with Crippen LogP contribution < -0.4 is 29.6 Å². The fourth-order valence-electron chi connectivity index (χ4n) is 2.74. The molecule has 0 radical (unpaired) electrons. The molecule has 13 heteroatoms. The summed E-state index contributed by atoms with van der Waals surface area (Å²) in [6.07, 6.45) is 0. The maximum absolute atomic E-state index is 12.4. The van der Waals surface area contributed by atoms with Crippen LogP contribution in [0.25, 0.3) is 0 Å². The predicted octanol–water partition coefficient (Wildman–Crippen LogP) is 4.03. The molecule has 0 bridgehead atoms. The Hall–Kier alpha value is -3.16. The number of anilines is 2. The smallest absolute Gasteiger partial charge is 0.234 e. The summed E-state index contributed by atoms with van der Waals surface area (Å²) in [7, 11) is 6.16. The van der Waals surface area contributed by atoms with E-state index in [1.54, 1.807) is 50.6 Å². The molecule has 0 spiro atoms. The molecule has 0 aliphatic carbocycles. The number of nitrogens with zero attached hydrogens (tertiary/aromatic N) is 2. The number of carbonyl (C=O) groups is 2. The molecule has 186 valence electrons. The van der Waals surface area contributed by atoms with Crippen LogP contribution in [0.3, 0.4) is 0 Å². The van der Waals surface area contributed by atoms with E-state index in [0.717, 1.165) is 0 Å². The molecule has 0 fully saturated rings. The fraction of sp³-hybridized carbons (Fsp3) is 0.273. The average Bonchev–Trinajstić information content (AvgIpc) is 3.34. The minimum Gasteiger partial charge on any atom is -0.497 e. The molecular weight excluding hydrogens is 512 g/mol. The maximum Gasteiger partial charge on any atom is 0.234 e. The van der Waals surface area contributed by atoms with Crippen molar-refractivity contribution in [3.05, 3.63) is 36.4 Å². The third-order valence-corrected chi connectivity index (χ3v) is 7.60. The second-order valence-electron chi connectivity index (χ2n) is 6.64. The van der Waals surface area contributed by atoms with Gasteiger partial charge in [-0.25, -0.2) is 0 Å². The summed E-state index contributed by atoms with van der Waals surface area (Å²) >= 11 is 3.84. The van der Waals surface area contributed by atoms with Crippen LogP contribution in [0.2, 0.25) is 0 Å². The Labute approximate surface area is 215 Å². The first kappa shape index (κ1) is 26.4. The van der Waals surface area contributed by atoms with Gasteiger partial charge in [-0.1, -0.05) is 34.9 Å². The predicted molar refractivity (Wildman–Crippen MR) is 138 cm³/mol. The highest BCUT2D eigenvalue weighted by Crippen LogP contribution is 2.32. The molecule has 35 heavy (non-hydrogen) atoms. The zero-order valence-corrected chi connectivity index (χ0v) is 21.9. The Kier molecular flexibility index (Phi) is 9.87. The number of carbonyl (C=O) groups excluding carboxylic acids is 2. The van der Waals surface area contributed by atoms with Crippen molar-refractivity contribution >= 4 is 58.0 Å². The number of hydrogen-bond donors (Lipinski definition) is 2. The molecule has 2 N–H and O–H groups in total. The van der Waals surface area contributed by atoms with Crippen molar-refractivity contribution < 1.29 is 28.5 Å². The number of aromatic nitrogens is 2. The van der Waals surface area contributed by atoms with Gasteiger partial charge in [0.1, 0.15) is 23.0 Å². The molecule has 1 heterocycles. The highest BCUT2D eigenvalue weighted by atomic mass is 32.2. The SMILES string of the molecule is COc1ccc(NC(=O)CSc2nnc(SCC(=O)Nc3ccc(OC)cc3OC)s2)c(OC)c1. The van der Waals surface area contributed by atoms with Gasteiger partial charge >= 0.3 is 0 Å². The lowest BCUT2D eigenvalue weighted by atomic mass is 10.2. The summed E-state index contributed by atoms with van der Waals surface area (Å²) in [4.78, 5) is 24.7. The lowest BCUT2D eigenvalue weighted by Gasteiger charge is -2.11. The number of amides is 2. The Morgan fingerprint density at radius 1 is 0.743 bits per heavy atom. The molecule has 3 aromatic rings. The normalized spacial score (nSPS) is 10.4. The molecule has 0 unspecified atom stereocenters. The molecule has 10 nitrogen and oxygen atoms in total. The maximum atomic E-state index is 12.4. The van der Waals surface area contributed by atoms with Crippen molar-refractivity contribution in [2.24, 2.45) is 0 Å². The molecule has 0 saturated heterocycles. The Morgan fingerprint density at radius 2 is 1.17 bits per heavy atom. The van der Waals surface area contributed by atoms with Crippen LogP contribution in [-0.2, 0) is 9.59 Å². The lowest BCUT2D eigenvalue weighted by Crippen LogP contribution is -2.14. The first-order valence-corrected chi connectivity index (χ1v) is 12.9. The van der Waals surface area contributed by atoms with E-state index in [1.165, 1.54) is 49.1 Å². The van der Waals surface area contributed by atoms with Gasteiger partial charge in [-0.2, -0.15) is 0 Å². The molecule has 0 aliphatic rings. The number of rotatable bonds is 12. The summed E-state index contributed by atoms with van der Waals surface area (Å²) in [6, 6.07) is 10.3. The summed E-state index contributed by atoms with van der Waals surface area (Å²) < 4.78 is 22.2. The first-order chi connectivity index (χ1) is 16.9. The lowest BCUT2D eigenvalue weighted by molar-refractivity contribution is -0.114. The van der Waals surface area contributed by atoms with Crippen molar-refractivity contribution in [2.45, 2.75) is 8.68 Å². The number of benzene rings is 2. The van der Waals surface area contributed by atoms with E-state index < -0.39 is 0 Å². The molecule has 0 aliphatic heterocycles. The van der Waals surface area contributed by atoms with Crippen LogP contribution >= 0.6 is 34.9 Å². The van der Waals surface area contributed by atoms with Gasteiger partial charge in [-0.3, -0.25) is 9.59 Å². The minimum absolute atomic E-state index is 0.145. The quantitative estimate of drug-likeness (QED) is 0.328. The van der Waals surface area contributed by atoms with Crippen molar-refractivity contribution in [2.75, 3.05) is 50.6 Å². The Bertz CT molecular complexity index is 1090. The third-order valence-electron chi connectivity index (χ3n) is 4.41. The summed E-state index contributed by atoms with van der Waals surface area (Å²) in [5.74, 6) is 2.13. The van der Waals surface area contributed by atoms with Gasteiger partial charge in [0, 0.05) is 12.1 Å². The standard InChI is InChI=1S/C22H24N4O6S3/c1-29-13-5-7-15(17(9-13)31-3)23-19(27)11-33-21-25-26-22(35-21)34-12-20(28)24-16-8-6-14(30-2)10-18(16)32-4/h5-10H,11-12H2,1-4H3,(H,23,27)(H,24,28). The Balaban J connectivity index is 1.47. The zero-order chi connectivity index (χ0) is 25.2. The summed E-state index contributed by atoms with van der Waals surface area (Å²) in [6.45, 7) is 0. The van der Waals surface area contributed by atoms with Crippen molar-refractivity contribution in [3.8, 4) is 23.0 Å². The summed E-state index contributed by atoms with van der Waals surface area (Å²) in [5, 5.41) is 13.8. The second-order valence-corrected chi connectivity index (χ2v) is 10.1. The van der Waals surface area contributed by atoms with Gasteiger partial charge in [-0.05, 0) is 24.3 Å². The van der Waals surface area contributed by atoms with Crippen LogP contribution in [0, 0.1) is 0 Å². The highest BCUT2D eigenvalue weighted by molar-refractivity contribution is 8.03. The van der Waals surface area contributed by atoms with Crippen molar-refractivity contribution in [3.63, 3.8) is 0 Å². The Morgan fingerprint density at radius 3 is 1.54 bits per heavy atom. The number of thioether (sulfide) groups is 2. The van der Waals surface area contributed by atoms with E-state index in [1.807, 2.05) is 0 Å². The third kappa shape index (κ3) is 7.67. The second kappa shape index (κ2) is 13.1. The molecule has 2 amide bonds. The van der Waals surface area contributed by atoms with E-state index >= 15 is 0 Å². The van der Waals surface area contributed by atoms with E-state index in [-0.39, 0.29) is 23.3 Å². The van der Waals surface area contributed by atoms with Crippen LogP contribution in [0.4, 0.5) is 11.4 Å². The topological polar surface area (TPSA) is 121 Å².